The molecule has 0 aliphatic carbocycles. The van der Waals surface area contributed by atoms with Crippen molar-refractivity contribution in [3.63, 3.8) is 0 Å². The van der Waals surface area contributed by atoms with Crippen molar-refractivity contribution in [3.8, 4) is 28.3 Å². The minimum Gasteiger partial charge on any atom is -0.453 e. The summed E-state index contributed by atoms with van der Waals surface area (Å²) in [6, 6.07) is 53.6. The molecule has 0 spiro atoms. The molecule has 0 N–H and O–H groups in total. The van der Waals surface area contributed by atoms with Gasteiger partial charge in [-0.15, -0.1) is 0 Å². The van der Waals surface area contributed by atoms with Crippen LogP contribution in [0, 0.1) is 0 Å². The van der Waals surface area contributed by atoms with Crippen molar-refractivity contribution in [3.05, 3.63) is 158 Å². The highest BCUT2D eigenvalue weighted by atomic mass is 31.2. The second kappa shape index (κ2) is 9.57. The Kier molecular flexibility index (Phi) is 5.47. The van der Waals surface area contributed by atoms with Gasteiger partial charge in [0, 0.05) is 26.7 Å². The number of aromatic nitrogens is 1. The first-order chi connectivity index (χ1) is 21.7. The highest BCUT2D eigenvalue weighted by molar-refractivity contribution is 7.85. The summed E-state index contributed by atoms with van der Waals surface area (Å²) in [7, 11) is -3.04. The Morgan fingerprint density at radius 1 is 0.477 bits per heavy atom. The Morgan fingerprint density at radius 2 is 1.11 bits per heavy atom. The maximum absolute atomic E-state index is 14.9. The lowest BCUT2D eigenvalue weighted by Gasteiger charge is -2.22. The van der Waals surface area contributed by atoms with Crippen molar-refractivity contribution in [2.45, 2.75) is 0 Å². The van der Waals surface area contributed by atoms with E-state index in [0.717, 1.165) is 60.5 Å². The lowest BCUT2D eigenvalue weighted by molar-refractivity contribution is 0.476. The number of nitrogens with zero attached hydrogens (tertiary/aromatic N) is 1. The van der Waals surface area contributed by atoms with E-state index in [-0.39, 0.29) is 0 Å². The molecular weight excluding hydrogens is 557 g/mol. The maximum Gasteiger partial charge on any atom is 0.171 e. The highest BCUT2D eigenvalue weighted by Gasteiger charge is 2.30. The minimum absolute atomic E-state index is 0.834. The number of hydrogen-bond acceptors (Lipinski definition) is 2. The van der Waals surface area contributed by atoms with Crippen LogP contribution in [0.5, 0.6) is 11.5 Å². The zero-order valence-corrected chi connectivity index (χ0v) is 24.6. The summed E-state index contributed by atoms with van der Waals surface area (Å²) >= 11 is 0. The topological polar surface area (TPSA) is 31.2 Å². The maximum atomic E-state index is 14.9. The third-order valence-corrected chi connectivity index (χ3v) is 11.9. The number of fused-ring (bicyclic) bond motifs is 6. The Balaban J connectivity index is 1.14. The van der Waals surface area contributed by atoms with E-state index in [2.05, 4.69) is 89.5 Å². The quantitative estimate of drug-likeness (QED) is 0.193. The monoisotopic (exact) mass is 583 g/mol. The van der Waals surface area contributed by atoms with Gasteiger partial charge in [0.2, 0.25) is 0 Å². The van der Waals surface area contributed by atoms with Crippen LogP contribution in [0.15, 0.2) is 158 Å². The van der Waals surface area contributed by atoms with Crippen LogP contribution in [0.2, 0.25) is 0 Å². The van der Waals surface area contributed by atoms with E-state index in [1.807, 2.05) is 72.8 Å². The molecule has 44 heavy (non-hydrogen) atoms. The van der Waals surface area contributed by atoms with Crippen molar-refractivity contribution in [1.29, 1.82) is 0 Å². The molecule has 1 aromatic heterocycles. The van der Waals surface area contributed by atoms with Gasteiger partial charge in [-0.1, -0.05) is 121 Å². The largest absolute Gasteiger partial charge is 0.453 e. The zero-order valence-electron chi connectivity index (χ0n) is 23.7. The van der Waals surface area contributed by atoms with Crippen molar-refractivity contribution < 1.29 is 9.30 Å². The van der Waals surface area contributed by atoms with Crippen LogP contribution in [0.1, 0.15) is 0 Å². The van der Waals surface area contributed by atoms with Crippen molar-refractivity contribution in [1.82, 2.24) is 4.57 Å². The molecule has 0 unspecified atom stereocenters. The summed E-state index contributed by atoms with van der Waals surface area (Å²) in [5.74, 6) is 1.71. The van der Waals surface area contributed by atoms with Crippen LogP contribution in [0.25, 0.3) is 49.4 Å². The lowest BCUT2D eigenvalue weighted by Crippen LogP contribution is -2.24. The van der Waals surface area contributed by atoms with Crippen LogP contribution >= 0.6 is 7.14 Å². The summed E-state index contributed by atoms with van der Waals surface area (Å²) in [4.78, 5) is 0. The summed E-state index contributed by atoms with van der Waals surface area (Å²) < 4.78 is 23.7. The van der Waals surface area contributed by atoms with Gasteiger partial charge in [-0.05, 0) is 58.3 Å². The summed E-state index contributed by atoms with van der Waals surface area (Å²) in [5, 5.41) is 7.09. The molecule has 2 heterocycles. The molecule has 0 bridgehead atoms. The highest BCUT2D eigenvalue weighted by Crippen LogP contribution is 2.47. The summed E-state index contributed by atoms with van der Waals surface area (Å²) in [6.07, 6.45) is 0. The van der Waals surface area contributed by atoms with E-state index >= 15 is 0 Å². The number of hydrogen-bond donors (Lipinski definition) is 0. The van der Waals surface area contributed by atoms with E-state index in [9.17, 15) is 4.57 Å². The molecule has 0 saturated heterocycles. The average Bonchev–Trinajstić information content (AvgIpc) is 3.44. The third kappa shape index (κ3) is 3.67. The molecule has 0 amide bonds. The summed E-state index contributed by atoms with van der Waals surface area (Å²) in [5.41, 5.74) is 5.52. The molecule has 1 aliphatic heterocycles. The molecule has 1 aliphatic rings. The van der Waals surface area contributed by atoms with Crippen molar-refractivity contribution >= 4 is 55.6 Å². The van der Waals surface area contributed by atoms with Crippen LogP contribution in [-0.4, -0.2) is 4.57 Å². The van der Waals surface area contributed by atoms with Gasteiger partial charge in [0.05, 0.1) is 16.7 Å². The SMILES string of the molecule is O=P(c1ccccc1)(c1ccccc1)c1ccc2cc(-c3ccc4c(c3)Oc3cccc5c6ccccc6n-4c35)ccc2c1. The smallest absolute Gasteiger partial charge is 0.171 e. The molecule has 0 radical (unpaired) electrons. The molecule has 3 nitrogen and oxygen atoms in total. The van der Waals surface area contributed by atoms with Crippen LogP contribution in [-0.2, 0) is 4.57 Å². The molecule has 0 atom stereocenters. The van der Waals surface area contributed by atoms with Gasteiger partial charge < -0.3 is 13.9 Å². The number of ether oxygens (including phenoxy) is 1. The number of benzene rings is 7. The van der Waals surface area contributed by atoms with Gasteiger partial charge in [0.15, 0.2) is 18.6 Å². The fraction of sp³-hybridized carbons (Fsp3) is 0. The zero-order chi connectivity index (χ0) is 29.3. The lowest BCUT2D eigenvalue weighted by atomic mass is 10.0. The second-order valence-corrected chi connectivity index (χ2v) is 14.1. The molecule has 9 rings (SSSR count). The average molecular weight is 584 g/mol. The minimum atomic E-state index is -3.04. The first-order valence-electron chi connectivity index (χ1n) is 14.8. The Bertz CT molecular complexity index is 2400. The first-order valence-corrected chi connectivity index (χ1v) is 16.5. The van der Waals surface area contributed by atoms with Gasteiger partial charge in [0.25, 0.3) is 0 Å². The Hall–Kier alpha value is -5.37. The van der Waals surface area contributed by atoms with Gasteiger partial charge >= 0.3 is 0 Å². The molecule has 7 aromatic carbocycles. The number of rotatable bonds is 4. The van der Waals surface area contributed by atoms with Crippen molar-refractivity contribution in [2.75, 3.05) is 0 Å². The van der Waals surface area contributed by atoms with E-state index in [1.165, 1.54) is 16.3 Å². The van der Waals surface area contributed by atoms with Crippen LogP contribution in [0.4, 0.5) is 0 Å². The van der Waals surface area contributed by atoms with Gasteiger partial charge in [-0.3, -0.25) is 0 Å². The van der Waals surface area contributed by atoms with E-state index in [0.29, 0.717) is 0 Å². The fourth-order valence-electron chi connectivity index (χ4n) is 6.73. The molecule has 0 saturated carbocycles. The van der Waals surface area contributed by atoms with Crippen molar-refractivity contribution in [2.24, 2.45) is 0 Å². The molecule has 8 aromatic rings. The Morgan fingerprint density at radius 3 is 1.91 bits per heavy atom. The standard InChI is InChI=1S/C40H26NO2P/c42-44(31-10-3-1-4-11-31,32-12-5-2-6-13-32)33-22-20-28-24-27(18-19-29(28)25-33)30-21-23-37-39(26-30)43-38-17-9-15-35-34-14-7-8-16-36(34)41(37)40(35)38/h1-26H. The fourth-order valence-corrected chi connectivity index (χ4v) is 9.41. The number of para-hydroxylation sites is 2. The molecule has 208 valence electrons. The van der Waals surface area contributed by atoms with E-state index in [4.69, 9.17) is 4.74 Å². The van der Waals surface area contributed by atoms with Gasteiger partial charge in [-0.25, -0.2) is 0 Å². The Labute approximate surface area is 255 Å². The normalized spacial score (nSPS) is 12.4. The van der Waals surface area contributed by atoms with E-state index < -0.39 is 7.14 Å². The van der Waals surface area contributed by atoms with Gasteiger partial charge in [0.1, 0.15) is 0 Å². The first kappa shape index (κ1) is 25.2. The second-order valence-electron chi connectivity index (χ2n) is 11.3. The van der Waals surface area contributed by atoms with Crippen LogP contribution < -0.4 is 20.7 Å². The van der Waals surface area contributed by atoms with E-state index in [1.54, 1.807) is 0 Å². The van der Waals surface area contributed by atoms with Crippen LogP contribution in [0.3, 0.4) is 0 Å². The molecule has 4 heteroatoms. The third-order valence-electron chi connectivity index (χ3n) is 8.84. The predicted molar refractivity (Wildman–Crippen MR) is 183 cm³/mol. The molecule has 0 fully saturated rings. The van der Waals surface area contributed by atoms with Gasteiger partial charge in [-0.2, -0.15) is 0 Å². The summed E-state index contributed by atoms with van der Waals surface area (Å²) in [6.45, 7) is 0. The predicted octanol–water partition coefficient (Wildman–Crippen LogP) is 9.35. The molecular formula is C40H26NO2P.